The predicted molar refractivity (Wildman–Crippen MR) is 109 cm³/mol. The number of rotatable bonds is 6. The van der Waals surface area contributed by atoms with Crippen molar-refractivity contribution in [2.75, 3.05) is 13.1 Å². The van der Waals surface area contributed by atoms with Crippen LogP contribution in [-0.2, 0) is 13.0 Å². The van der Waals surface area contributed by atoms with Gasteiger partial charge in [0, 0.05) is 23.4 Å². The van der Waals surface area contributed by atoms with Gasteiger partial charge in [0.15, 0.2) is 0 Å². The second-order valence-corrected chi connectivity index (χ2v) is 7.62. The largest absolute Gasteiger partial charge is 0.393 e. The van der Waals surface area contributed by atoms with Crippen molar-refractivity contribution in [1.82, 2.24) is 14.9 Å². The Morgan fingerprint density at radius 3 is 2.44 bits per heavy atom. The smallest absolute Gasteiger partial charge is 0.254 e. The summed E-state index contributed by atoms with van der Waals surface area (Å²) in [5.41, 5.74) is 3.72. The first-order valence-corrected chi connectivity index (χ1v) is 10.1. The van der Waals surface area contributed by atoms with Crippen molar-refractivity contribution >= 4 is 0 Å². The number of nitrogens with one attached hydrogen (secondary N) is 1. The Morgan fingerprint density at radius 2 is 1.89 bits per heavy atom. The van der Waals surface area contributed by atoms with Gasteiger partial charge in [0.2, 0.25) is 0 Å². The zero-order chi connectivity index (χ0) is 19.4. The van der Waals surface area contributed by atoms with Crippen molar-refractivity contribution in [3.63, 3.8) is 0 Å². The maximum absolute atomic E-state index is 12.2. The first-order chi connectivity index (χ1) is 13.0. The van der Waals surface area contributed by atoms with E-state index >= 15 is 0 Å². The number of aromatic nitrogens is 2. The fraction of sp³-hybridized carbons (Fsp3) is 0.545. The molecule has 1 fully saturated rings. The molecule has 1 aromatic heterocycles. The maximum Gasteiger partial charge on any atom is 0.254 e. The minimum atomic E-state index is -0.149. The molecule has 1 unspecified atom stereocenters. The van der Waals surface area contributed by atoms with Crippen LogP contribution in [0.4, 0.5) is 0 Å². The van der Waals surface area contributed by atoms with Gasteiger partial charge in [-0.25, -0.2) is 4.98 Å². The van der Waals surface area contributed by atoms with Crippen LogP contribution < -0.4 is 5.56 Å². The number of hydrogen-bond donors (Lipinski definition) is 2. The normalized spacial score (nSPS) is 17.2. The van der Waals surface area contributed by atoms with E-state index in [0.717, 1.165) is 55.7 Å². The second kappa shape index (κ2) is 8.81. The van der Waals surface area contributed by atoms with Crippen LogP contribution in [0.5, 0.6) is 0 Å². The van der Waals surface area contributed by atoms with E-state index in [-0.39, 0.29) is 11.7 Å². The lowest BCUT2D eigenvalue weighted by Crippen LogP contribution is -2.37. The molecule has 5 heteroatoms. The van der Waals surface area contributed by atoms with Crippen LogP contribution >= 0.6 is 0 Å². The Kier molecular flexibility index (Phi) is 6.45. The molecular weight excluding hydrogens is 338 g/mol. The van der Waals surface area contributed by atoms with Crippen LogP contribution in [0, 0.1) is 12.8 Å². The number of aliphatic hydroxyl groups excluding tert-OH is 1. The highest BCUT2D eigenvalue weighted by Crippen LogP contribution is 2.24. The zero-order valence-electron chi connectivity index (χ0n) is 16.7. The molecule has 0 amide bonds. The fourth-order valence-corrected chi connectivity index (χ4v) is 4.02. The minimum absolute atomic E-state index is 0.0405. The van der Waals surface area contributed by atoms with Gasteiger partial charge in [-0.1, -0.05) is 38.1 Å². The number of nitrogens with zero attached hydrogens (tertiary/aromatic N) is 2. The average Bonchev–Trinajstić information content (AvgIpc) is 2.68. The van der Waals surface area contributed by atoms with E-state index in [1.807, 2.05) is 26.0 Å². The summed E-state index contributed by atoms with van der Waals surface area (Å²) in [7, 11) is 0. The van der Waals surface area contributed by atoms with E-state index in [9.17, 15) is 9.90 Å². The number of aliphatic hydroxyl groups is 1. The standard InChI is InChI=1S/C22H31N3O2/c1-4-19-15(3)23-21(24-22(19)27)18-8-6-16(7-9-18)14-25-12-10-17(11-13-25)20(26)5-2/h6-9,17,20,26H,4-5,10-14H2,1-3H3,(H,23,24,27). The Hall–Kier alpha value is -1.98. The summed E-state index contributed by atoms with van der Waals surface area (Å²) < 4.78 is 0. The van der Waals surface area contributed by atoms with E-state index in [1.165, 1.54) is 5.56 Å². The van der Waals surface area contributed by atoms with E-state index in [4.69, 9.17) is 0 Å². The molecule has 5 nitrogen and oxygen atoms in total. The summed E-state index contributed by atoms with van der Waals surface area (Å²) in [6, 6.07) is 8.30. The van der Waals surface area contributed by atoms with Gasteiger partial charge in [0.25, 0.3) is 5.56 Å². The second-order valence-electron chi connectivity index (χ2n) is 7.62. The topological polar surface area (TPSA) is 69.2 Å². The van der Waals surface area contributed by atoms with Crippen LogP contribution in [-0.4, -0.2) is 39.2 Å². The van der Waals surface area contributed by atoms with E-state index in [0.29, 0.717) is 18.2 Å². The monoisotopic (exact) mass is 369 g/mol. The summed E-state index contributed by atoms with van der Waals surface area (Å²) >= 11 is 0. The van der Waals surface area contributed by atoms with E-state index < -0.39 is 0 Å². The van der Waals surface area contributed by atoms with Crippen molar-refractivity contribution in [1.29, 1.82) is 0 Å². The zero-order valence-corrected chi connectivity index (χ0v) is 16.7. The molecule has 27 heavy (non-hydrogen) atoms. The highest BCUT2D eigenvalue weighted by Gasteiger charge is 2.24. The fourth-order valence-electron chi connectivity index (χ4n) is 4.02. The SMILES string of the molecule is CCc1c(C)nc(-c2ccc(CN3CCC(C(O)CC)CC3)cc2)[nH]c1=O. The highest BCUT2D eigenvalue weighted by atomic mass is 16.3. The number of benzene rings is 1. The Balaban J connectivity index is 1.64. The van der Waals surface area contributed by atoms with Gasteiger partial charge in [0.05, 0.1) is 6.10 Å². The third-order valence-electron chi connectivity index (χ3n) is 5.80. The summed E-state index contributed by atoms with van der Waals surface area (Å²) in [6.07, 6.45) is 3.53. The van der Waals surface area contributed by atoms with Crippen LogP contribution in [0.1, 0.15) is 49.9 Å². The highest BCUT2D eigenvalue weighted by molar-refractivity contribution is 5.55. The number of H-pyrrole nitrogens is 1. The van der Waals surface area contributed by atoms with Crippen molar-refractivity contribution in [3.05, 3.63) is 51.4 Å². The molecule has 0 radical (unpaired) electrons. The number of likely N-dealkylation sites (tertiary alicyclic amines) is 1. The Labute approximate surface area is 161 Å². The Bertz CT molecular complexity index is 805. The van der Waals surface area contributed by atoms with Gasteiger partial charge in [-0.3, -0.25) is 9.69 Å². The molecule has 0 aliphatic carbocycles. The van der Waals surface area contributed by atoms with Gasteiger partial charge in [-0.2, -0.15) is 0 Å². The molecule has 0 saturated carbocycles. The molecule has 1 aliphatic heterocycles. The first-order valence-electron chi connectivity index (χ1n) is 10.1. The van der Waals surface area contributed by atoms with E-state index in [2.05, 4.69) is 33.9 Å². The van der Waals surface area contributed by atoms with Crippen LogP contribution in [0.2, 0.25) is 0 Å². The quantitative estimate of drug-likeness (QED) is 0.820. The lowest BCUT2D eigenvalue weighted by molar-refractivity contribution is 0.0550. The first kappa shape index (κ1) is 19.8. The lowest BCUT2D eigenvalue weighted by Gasteiger charge is -2.34. The van der Waals surface area contributed by atoms with Crippen molar-refractivity contribution in [2.24, 2.45) is 5.92 Å². The minimum Gasteiger partial charge on any atom is -0.393 e. The van der Waals surface area contributed by atoms with Crippen molar-refractivity contribution in [3.8, 4) is 11.4 Å². The van der Waals surface area contributed by atoms with Crippen molar-refractivity contribution < 1.29 is 5.11 Å². The van der Waals surface area contributed by atoms with Gasteiger partial charge >= 0.3 is 0 Å². The average molecular weight is 370 g/mol. The van der Waals surface area contributed by atoms with Crippen LogP contribution in [0.3, 0.4) is 0 Å². The molecule has 3 rings (SSSR count). The van der Waals surface area contributed by atoms with Gasteiger partial charge in [0.1, 0.15) is 5.82 Å². The Morgan fingerprint density at radius 1 is 1.22 bits per heavy atom. The summed E-state index contributed by atoms with van der Waals surface area (Å²) in [5, 5.41) is 10.0. The molecule has 146 valence electrons. The van der Waals surface area contributed by atoms with Gasteiger partial charge < -0.3 is 10.1 Å². The number of piperidine rings is 1. The number of aryl methyl sites for hydroxylation is 1. The van der Waals surface area contributed by atoms with E-state index in [1.54, 1.807) is 0 Å². The molecule has 2 heterocycles. The van der Waals surface area contributed by atoms with Crippen LogP contribution in [0.15, 0.2) is 29.1 Å². The molecule has 2 N–H and O–H groups in total. The van der Waals surface area contributed by atoms with Crippen LogP contribution in [0.25, 0.3) is 11.4 Å². The lowest BCUT2D eigenvalue weighted by atomic mass is 9.90. The summed E-state index contributed by atoms with van der Waals surface area (Å²) in [4.78, 5) is 22.1. The summed E-state index contributed by atoms with van der Waals surface area (Å²) in [6.45, 7) is 8.92. The molecular formula is C22H31N3O2. The molecule has 2 aromatic rings. The molecule has 1 atom stereocenters. The van der Waals surface area contributed by atoms with Crippen molar-refractivity contribution in [2.45, 2.75) is 59.1 Å². The van der Waals surface area contributed by atoms with Gasteiger partial charge in [-0.05, 0) is 57.2 Å². The molecule has 0 spiro atoms. The molecule has 1 saturated heterocycles. The third-order valence-corrected chi connectivity index (χ3v) is 5.80. The molecule has 0 bridgehead atoms. The third kappa shape index (κ3) is 4.66. The number of aromatic amines is 1. The predicted octanol–water partition coefficient (Wildman–Crippen LogP) is 3.29. The van der Waals surface area contributed by atoms with Gasteiger partial charge in [-0.15, -0.1) is 0 Å². The maximum atomic E-state index is 12.2. The number of hydrogen-bond acceptors (Lipinski definition) is 4. The molecule has 1 aliphatic rings. The molecule has 1 aromatic carbocycles. The summed E-state index contributed by atoms with van der Waals surface area (Å²) in [5.74, 6) is 1.08.